The predicted octanol–water partition coefficient (Wildman–Crippen LogP) is 2.47. The molecule has 0 saturated heterocycles. The molecule has 0 radical (unpaired) electrons. The molecule has 0 aromatic heterocycles. The number of rotatable bonds is 8. The molecular formula is C18H27NO4. The highest BCUT2D eigenvalue weighted by Gasteiger charge is 2.39. The lowest BCUT2D eigenvalue weighted by atomic mass is 9.90. The van der Waals surface area contributed by atoms with Gasteiger partial charge in [0.05, 0.1) is 6.61 Å². The van der Waals surface area contributed by atoms with Gasteiger partial charge in [-0.1, -0.05) is 37.3 Å². The van der Waals surface area contributed by atoms with Crippen LogP contribution in [0.1, 0.15) is 39.7 Å². The second-order valence-electron chi connectivity index (χ2n) is 6.97. The fourth-order valence-corrected chi connectivity index (χ4v) is 2.14. The SMILES string of the molecule is C[C@@H](COCc1ccccc1)C[C@](N)(C=O)C(=O)OC(C)(C)C. The number of carbonyl (C=O) groups is 2. The van der Waals surface area contributed by atoms with E-state index in [9.17, 15) is 9.59 Å². The van der Waals surface area contributed by atoms with Crippen LogP contribution in [0.15, 0.2) is 30.3 Å². The first-order valence-electron chi connectivity index (χ1n) is 7.76. The minimum absolute atomic E-state index is 0.0542. The highest BCUT2D eigenvalue weighted by atomic mass is 16.6. The highest BCUT2D eigenvalue weighted by Crippen LogP contribution is 2.19. The van der Waals surface area contributed by atoms with Crippen LogP contribution in [0, 0.1) is 5.92 Å². The van der Waals surface area contributed by atoms with E-state index in [-0.39, 0.29) is 12.3 Å². The molecule has 1 aromatic rings. The van der Waals surface area contributed by atoms with Gasteiger partial charge in [0.15, 0.2) is 11.8 Å². The monoisotopic (exact) mass is 321 g/mol. The Kier molecular flexibility index (Phi) is 6.91. The first-order chi connectivity index (χ1) is 10.7. The van der Waals surface area contributed by atoms with Crippen molar-refractivity contribution >= 4 is 12.3 Å². The van der Waals surface area contributed by atoms with Crippen LogP contribution in [-0.4, -0.2) is 30.0 Å². The summed E-state index contributed by atoms with van der Waals surface area (Å²) in [6.45, 7) is 7.99. The third-order valence-corrected chi connectivity index (χ3v) is 3.19. The van der Waals surface area contributed by atoms with E-state index in [4.69, 9.17) is 15.2 Å². The number of benzene rings is 1. The second-order valence-corrected chi connectivity index (χ2v) is 6.97. The molecule has 0 spiro atoms. The summed E-state index contributed by atoms with van der Waals surface area (Å²) >= 11 is 0. The minimum Gasteiger partial charge on any atom is -0.458 e. The van der Waals surface area contributed by atoms with E-state index in [1.807, 2.05) is 37.3 Å². The molecule has 0 aliphatic heterocycles. The molecule has 23 heavy (non-hydrogen) atoms. The summed E-state index contributed by atoms with van der Waals surface area (Å²) in [5.41, 5.74) is 4.69. The Morgan fingerprint density at radius 3 is 2.39 bits per heavy atom. The number of esters is 1. The fourth-order valence-electron chi connectivity index (χ4n) is 2.14. The van der Waals surface area contributed by atoms with Crippen LogP contribution in [0.2, 0.25) is 0 Å². The summed E-state index contributed by atoms with van der Waals surface area (Å²) in [5, 5.41) is 0. The maximum atomic E-state index is 12.1. The molecule has 0 bridgehead atoms. The number of hydrogen-bond donors (Lipinski definition) is 1. The average Bonchev–Trinajstić information content (AvgIpc) is 2.46. The van der Waals surface area contributed by atoms with E-state index < -0.39 is 17.1 Å². The van der Waals surface area contributed by atoms with Crippen molar-refractivity contribution in [2.75, 3.05) is 6.61 Å². The number of carbonyl (C=O) groups excluding carboxylic acids is 2. The first-order valence-corrected chi connectivity index (χ1v) is 7.76. The molecule has 2 atom stereocenters. The Labute approximate surface area is 138 Å². The van der Waals surface area contributed by atoms with Gasteiger partial charge in [-0.2, -0.15) is 0 Å². The van der Waals surface area contributed by atoms with Crippen molar-refractivity contribution in [2.45, 2.75) is 51.9 Å². The fraction of sp³-hybridized carbons (Fsp3) is 0.556. The molecule has 128 valence electrons. The van der Waals surface area contributed by atoms with Gasteiger partial charge in [0, 0.05) is 6.61 Å². The van der Waals surface area contributed by atoms with Gasteiger partial charge < -0.3 is 20.0 Å². The van der Waals surface area contributed by atoms with E-state index in [1.165, 1.54) is 0 Å². The molecule has 2 N–H and O–H groups in total. The maximum absolute atomic E-state index is 12.1. The average molecular weight is 321 g/mol. The van der Waals surface area contributed by atoms with Crippen molar-refractivity contribution in [1.82, 2.24) is 0 Å². The molecular weight excluding hydrogens is 294 g/mol. The third kappa shape index (κ3) is 6.93. The zero-order valence-corrected chi connectivity index (χ0v) is 14.4. The van der Waals surface area contributed by atoms with Crippen LogP contribution in [0.5, 0.6) is 0 Å². The van der Waals surface area contributed by atoms with Crippen molar-refractivity contribution in [3.8, 4) is 0 Å². The van der Waals surface area contributed by atoms with Crippen LogP contribution in [0.4, 0.5) is 0 Å². The predicted molar refractivity (Wildman–Crippen MR) is 88.7 cm³/mol. The van der Waals surface area contributed by atoms with Gasteiger partial charge in [-0.05, 0) is 38.7 Å². The van der Waals surface area contributed by atoms with Crippen molar-refractivity contribution in [3.05, 3.63) is 35.9 Å². The number of hydrogen-bond acceptors (Lipinski definition) is 5. The van der Waals surface area contributed by atoms with E-state index in [2.05, 4.69) is 0 Å². The normalized spacial score (nSPS) is 15.5. The minimum atomic E-state index is -1.64. The summed E-state index contributed by atoms with van der Waals surface area (Å²) in [6.07, 6.45) is 0.648. The van der Waals surface area contributed by atoms with Crippen LogP contribution in [0.25, 0.3) is 0 Å². The summed E-state index contributed by atoms with van der Waals surface area (Å²) in [5.74, 6) is -0.753. The van der Waals surface area contributed by atoms with Gasteiger partial charge in [-0.15, -0.1) is 0 Å². The lowest BCUT2D eigenvalue weighted by molar-refractivity contribution is -0.163. The van der Waals surface area contributed by atoms with Gasteiger partial charge in [-0.3, -0.25) is 0 Å². The first kappa shape index (κ1) is 19.3. The molecule has 0 unspecified atom stereocenters. The standard InChI is InChI=1S/C18H27NO4/c1-14(11-22-12-15-8-6-5-7-9-15)10-18(19,13-20)16(21)23-17(2,3)4/h5-9,13-14H,10-12,19H2,1-4H3/t14-,18+/m1/s1. The van der Waals surface area contributed by atoms with E-state index in [0.29, 0.717) is 19.5 Å². The lowest BCUT2D eigenvalue weighted by Crippen LogP contribution is -2.53. The molecule has 0 heterocycles. The zero-order valence-electron chi connectivity index (χ0n) is 14.4. The number of aldehydes is 1. The van der Waals surface area contributed by atoms with Gasteiger partial charge >= 0.3 is 5.97 Å². The Morgan fingerprint density at radius 1 is 1.26 bits per heavy atom. The summed E-state index contributed by atoms with van der Waals surface area (Å²) in [4.78, 5) is 23.4. The van der Waals surface area contributed by atoms with E-state index in [0.717, 1.165) is 5.56 Å². The summed E-state index contributed by atoms with van der Waals surface area (Å²) < 4.78 is 10.9. The topological polar surface area (TPSA) is 78.6 Å². The van der Waals surface area contributed by atoms with Crippen LogP contribution >= 0.6 is 0 Å². The Hall–Kier alpha value is -1.72. The van der Waals surface area contributed by atoms with Crippen molar-refractivity contribution in [2.24, 2.45) is 11.7 Å². The number of nitrogens with two attached hydrogens (primary N) is 1. The summed E-state index contributed by atoms with van der Waals surface area (Å²) in [6, 6.07) is 9.79. The van der Waals surface area contributed by atoms with E-state index >= 15 is 0 Å². The maximum Gasteiger partial charge on any atom is 0.334 e. The molecule has 0 amide bonds. The molecule has 5 nitrogen and oxygen atoms in total. The largest absolute Gasteiger partial charge is 0.458 e. The van der Waals surface area contributed by atoms with Crippen molar-refractivity contribution in [3.63, 3.8) is 0 Å². The number of ether oxygens (including phenoxy) is 2. The third-order valence-electron chi connectivity index (χ3n) is 3.19. The van der Waals surface area contributed by atoms with Crippen molar-refractivity contribution < 1.29 is 19.1 Å². The zero-order chi connectivity index (χ0) is 17.5. The van der Waals surface area contributed by atoms with Crippen LogP contribution in [-0.2, 0) is 25.7 Å². The van der Waals surface area contributed by atoms with Crippen LogP contribution in [0.3, 0.4) is 0 Å². The van der Waals surface area contributed by atoms with Gasteiger partial charge in [0.25, 0.3) is 0 Å². The van der Waals surface area contributed by atoms with Gasteiger partial charge in [0.1, 0.15) is 5.60 Å². The summed E-state index contributed by atoms with van der Waals surface area (Å²) in [7, 11) is 0. The Morgan fingerprint density at radius 2 is 1.87 bits per heavy atom. The quantitative estimate of drug-likeness (QED) is 0.452. The molecule has 0 saturated carbocycles. The van der Waals surface area contributed by atoms with E-state index in [1.54, 1.807) is 20.8 Å². The molecule has 1 aromatic carbocycles. The smallest absolute Gasteiger partial charge is 0.334 e. The lowest BCUT2D eigenvalue weighted by Gasteiger charge is -2.29. The molecule has 1 rings (SSSR count). The molecule has 0 aliphatic carbocycles. The molecule has 5 heteroatoms. The Bertz CT molecular complexity index is 510. The molecule has 0 fully saturated rings. The van der Waals surface area contributed by atoms with Gasteiger partial charge in [-0.25, -0.2) is 4.79 Å². The highest BCUT2D eigenvalue weighted by molar-refractivity contribution is 5.98. The van der Waals surface area contributed by atoms with Gasteiger partial charge in [0.2, 0.25) is 0 Å². The molecule has 0 aliphatic rings. The Balaban J connectivity index is 2.50. The van der Waals surface area contributed by atoms with Crippen molar-refractivity contribution in [1.29, 1.82) is 0 Å². The van der Waals surface area contributed by atoms with Crippen LogP contribution < -0.4 is 5.73 Å². The second kappa shape index (κ2) is 8.22.